The Balaban J connectivity index is 4.58. The molecule has 1 atom stereocenters. The lowest BCUT2D eigenvalue weighted by Crippen LogP contribution is -2.30. The van der Waals surface area contributed by atoms with E-state index in [-0.39, 0.29) is 38.4 Å². The average molecular weight is 867 g/mol. The van der Waals surface area contributed by atoms with Crippen LogP contribution in [0.25, 0.3) is 0 Å². The van der Waals surface area contributed by atoms with Crippen molar-refractivity contribution in [2.45, 2.75) is 181 Å². The number of carbonyl (C=O) groups is 3. The van der Waals surface area contributed by atoms with Gasteiger partial charge in [0.1, 0.15) is 13.2 Å². The molecule has 0 spiro atoms. The summed E-state index contributed by atoms with van der Waals surface area (Å²) < 4.78 is 16.5. The third kappa shape index (κ3) is 48.2. The van der Waals surface area contributed by atoms with Crippen molar-refractivity contribution in [3.05, 3.63) is 146 Å². The Kier molecular flexibility index (Phi) is 46.2. The molecule has 0 saturated heterocycles. The predicted molar refractivity (Wildman–Crippen MR) is 269 cm³/mol. The van der Waals surface area contributed by atoms with E-state index in [1.165, 1.54) is 25.7 Å². The molecule has 1 unspecified atom stereocenters. The van der Waals surface area contributed by atoms with Crippen LogP contribution in [0.4, 0.5) is 0 Å². The number of hydrogen-bond acceptors (Lipinski definition) is 6. The van der Waals surface area contributed by atoms with E-state index in [1.54, 1.807) is 6.08 Å². The molecule has 0 aliphatic rings. The van der Waals surface area contributed by atoms with Crippen molar-refractivity contribution >= 4 is 17.9 Å². The van der Waals surface area contributed by atoms with Gasteiger partial charge in [-0.3, -0.25) is 14.4 Å². The van der Waals surface area contributed by atoms with Gasteiger partial charge < -0.3 is 14.2 Å². The van der Waals surface area contributed by atoms with Crippen LogP contribution in [0.5, 0.6) is 0 Å². The van der Waals surface area contributed by atoms with Gasteiger partial charge in [-0.25, -0.2) is 0 Å². The molecular weight excluding hydrogens is 781 g/mol. The van der Waals surface area contributed by atoms with E-state index in [2.05, 4.69) is 154 Å². The maximum Gasteiger partial charge on any atom is 0.309 e. The maximum absolute atomic E-state index is 12.7. The predicted octanol–water partition coefficient (Wildman–Crippen LogP) is 16.1. The van der Waals surface area contributed by atoms with Crippen molar-refractivity contribution in [2.24, 2.45) is 0 Å². The van der Waals surface area contributed by atoms with E-state index in [4.69, 9.17) is 14.2 Å². The minimum atomic E-state index is -0.861. The topological polar surface area (TPSA) is 78.9 Å². The van der Waals surface area contributed by atoms with E-state index in [0.29, 0.717) is 6.42 Å². The Labute approximate surface area is 385 Å². The van der Waals surface area contributed by atoms with Gasteiger partial charge in [-0.05, 0) is 116 Å². The van der Waals surface area contributed by atoms with Gasteiger partial charge >= 0.3 is 17.9 Å². The summed E-state index contributed by atoms with van der Waals surface area (Å²) in [7, 11) is 0. The lowest BCUT2D eigenvalue weighted by atomic mass is 10.1. The Morgan fingerprint density at radius 2 is 0.698 bits per heavy atom. The van der Waals surface area contributed by atoms with Crippen molar-refractivity contribution in [2.75, 3.05) is 13.2 Å². The van der Waals surface area contributed by atoms with E-state index in [1.807, 2.05) is 6.08 Å². The summed E-state index contributed by atoms with van der Waals surface area (Å²) in [5, 5.41) is 0. The van der Waals surface area contributed by atoms with Gasteiger partial charge in [-0.2, -0.15) is 0 Å². The smallest absolute Gasteiger partial charge is 0.309 e. The van der Waals surface area contributed by atoms with Crippen LogP contribution in [0.15, 0.2) is 146 Å². The van der Waals surface area contributed by atoms with Gasteiger partial charge in [0.15, 0.2) is 6.10 Å². The van der Waals surface area contributed by atoms with Crippen molar-refractivity contribution in [3.63, 3.8) is 0 Å². The second-order valence-corrected chi connectivity index (χ2v) is 15.3. The molecular formula is C57H86O6. The summed E-state index contributed by atoms with van der Waals surface area (Å²) in [5.74, 6) is -1.18. The molecule has 0 aromatic heterocycles. The molecule has 0 saturated carbocycles. The van der Waals surface area contributed by atoms with E-state index in [9.17, 15) is 14.4 Å². The third-order valence-electron chi connectivity index (χ3n) is 9.34. The third-order valence-corrected chi connectivity index (χ3v) is 9.34. The second-order valence-electron chi connectivity index (χ2n) is 15.3. The number of ether oxygens (including phenoxy) is 3. The molecule has 350 valence electrons. The van der Waals surface area contributed by atoms with Gasteiger partial charge in [0, 0.05) is 12.8 Å². The zero-order valence-electron chi connectivity index (χ0n) is 39.8. The summed E-state index contributed by atoms with van der Waals surface area (Å²) in [5.41, 5.74) is 0. The summed E-state index contributed by atoms with van der Waals surface area (Å²) in [6.07, 6.45) is 71.6. The van der Waals surface area contributed by atoms with Crippen molar-refractivity contribution in [3.8, 4) is 0 Å². The zero-order chi connectivity index (χ0) is 45.8. The lowest BCUT2D eigenvalue weighted by molar-refractivity contribution is -0.166. The van der Waals surface area contributed by atoms with Crippen LogP contribution in [0.2, 0.25) is 0 Å². The van der Waals surface area contributed by atoms with Crippen molar-refractivity contribution < 1.29 is 28.6 Å². The average Bonchev–Trinajstić information content (AvgIpc) is 3.28. The Hall–Kier alpha value is -4.71. The minimum Gasteiger partial charge on any atom is -0.462 e. The molecule has 0 aliphatic carbocycles. The molecule has 0 rings (SSSR count). The largest absolute Gasteiger partial charge is 0.462 e. The number of carbonyl (C=O) groups excluding carboxylic acids is 3. The molecule has 63 heavy (non-hydrogen) atoms. The van der Waals surface area contributed by atoms with Gasteiger partial charge in [0.05, 0.1) is 6.42 Å². The Morgan fingerprint density at radius 3 is 1.13 bits per heavy atom. The molecule has 0 bridgehead atoms. The highest BCUT2D eigenvalue weighted by atomic mass is 16.6. The first-order valence-corrected chi connectivity index (χ1v) is 24.3. The van der Waals surface area contributed by atoms with Crippen LogP contribution in [-0.4, -0.2) is 37.2 Å². The highest BCUT2D eigenvalue weighted by molar-refractivity contribution is 5.72. The molecule has 0 fully saturated rings. The number of allylic oxidation sites excluding steroid dienone is 23. The van der Waals surface area contributed by atoms with Crippen LogP contribution in [0.1, 0.15) is 175 Å². The first-order chi connectivity index (χ1) is 31.0. The number of esters is 3. The molecule has 0 aromatic rings. The monoisotopic (exact) mass is 867 g/mol. The second kappa shape index (κ2) is 49.9. The van der Waals surface area contributed by atoms with Crippen LogP contribution < -0.4 is 0 Å². The number of hydrogen-bond donors (Lipinski definition) is 0. The fraction of sp³-hybridized carbons (Fsp3) is 0.526. The Morgan fingerprint density at radius 1 is 0.349 bits per heavy atom. The number of rotatable bonds is 41. The zero-order valence-corrected chi connectivity index (χ0v) is 39.8. The normalized spacial score (nSPS) is 13.4. The van der Waals surface area contributed by atoms with Crippen molar-refractivity contribution in [1.29, 1.82) is 0 Å². The summed E-state index contributed by atoms with van der Waals surface area (Å²) in [6.45, 7) is 6.17. The van der Waals surface area contributed by atoms with Crippen LogP contribution >= 0.6 is 0 Å². The van der Waals surface area contributed by atoms with E-state index in [0.717, 1.165) is 103 Å². The summed E-state index contributed by atoms with van der Waals surface area (Å²) >= 11 is 0. The molecule has 6 nitrogen and oxygen atoms in total. The first-order valence-electron chi connectivity index (χ1n) is 24.3. The molecule has 6 heteroatoms. The molecule has 0 aromatic carbocycles. The van der Waals surface area contributed by atoms with Gasteiger partial charge in [-0.15, -0.1) is 0 Å². The van der Waals surface area contributed by atoms with Crippen LogP contribution in [0, 0.1) is 0 Å². The van der Waals surface area contributed by atoms with Gasteiger partial charge in [0.25, 0.3) is 0 Å². The minimum absolute atomic E-state index is 0.110. The molecule has 0 radical (unpaired) electrons. The van der Waals surface area contributed by atoms with Crippen molar-refractivity contribution in [1.82, 2.24) is 0 Å². The SMILES string of the molecule is CC/C=C\C/C=C\C/C=C\C/C=C\C/C=C\CCCCCC(=O)OCC(COC(=O)C/C=C\C/C=C\C/C=C\CC)OC(=O)CCC/C=C\C/C=C\C/C=C\C/C=C\CCCCC. The lowest BCUT2D eigenvalue weighted by Gasteiger charge is -2.18. The fourth-order valence-electron chi connectivity index (χ4n) is 5.75. The number of unbranched alkanes of at least 4 members (excludes halogenated alkanes) is 7. The molecule has 0 amide bonds. The highest BCUT2D eigenvalue weighted by Gasteiger charge is 2.19. The molecule has 0 aliphatic heterocycles. The molecule has 0 N–H and O–H groups in total. The van der Waals surface area contributed by atoms with E-state index >= 15 is 0 Å². The van der Waals surface area contributed by atoms with Gasteiger partial charge in [0.2, 0.25) is 0 Å². The van der Waals surface area contributed by atoms with Crippen LogP contribution in [-0.2, 0) is 28.6 Å². The maximum atomic E-state index is 12.7. The summed E-state index contributed by atoms with van der Waals surface area (Å²) in [4.78, 5) is 37.7. The molecule has 0 heterocycles. The van der Waals surface area contributed by atoms with E-state index < -0.39 is 18.0 Å². The first kappa shape index (κ1) is 58.3. The summed E-state index contributed by atoms with van der Waals surface area (Å²) in [6, 6.07) is 0. The van der Waals surface area contributed by atoms with Crippen LogP contribution in [0.3, 0.4) is 0 Å². The van der Waals surface area contributed by atoms with Gasteiger partial charge in [-0.1, -0.05) is 186 Å². The highest BCUT2D eigenvalue weighted by Crippen LogP contribution is 2.09. The fourth-order valence-corrected chi connectivity index (χ4v) is 5.75. The Bertz CT molecular complexity index is 1460. The quantitative estimate of drug-likeness (QED) is 0.0264. The standard InChI is InChI=1S/C57H86O6/c1-4-7-10-13-16-19-21-23-25-27-28-30-31-33-35-38-41-44-47-50-56(59)62-53-54(52-61-55(58)49-46-43-40-37-18-15-12-9-6-3)63-57(60)51-48-45-42-39-36-34-32-29-26-24-22-20-17-14-11-8-5-2/h7,9-10,12,16-20,23-26,28,30,32-35,37,39,42-43,46,54H,4-6,8,11,13-15,21-22,27,29,31,36,38,40-41,44-45,47-53H2,1-3H3/b10-7-,12-9-,19-16-,20-17-,25-23-,26-24-,30-28-,34-32-,35-33-,37-18-,42-39-,46-43-.